The summed E-state index contributed by atoms with van der Waals surface area (Å²) in [5.74, 6) is 1.00. The Morgan fingerprint density at radius 3 is 2.06 bits per heavy atom. The third-order valence-electron chi connectivity index (χ3n) is 6.01. The lowest BCUT2D eigenvalue weighted by atomic mass is 10.0. The molecule has 0 aliphatic heterocycles. The zero-order valence-electron chi connectivity index (χ0n) is 21.3. The van der Waals surface area contributed by atoms with E-state index in [-0.39, 0.29) is 5.97 Å². The molecule has 186 valence electrons. The number of unbranched alkanes of at least 4 members (excludes halogenated alkanes) is 5. The van der Waals surface area contributed by atoms with Crippen molar-refractivity contribution < 1.29 is 14.3 Å². The summed E-state index contributed by atoms with van der Waals surface area (Å²) in [5, 5.41) is 0. The van der Waals surface area contributed by atoms with Gasteiger partial charge in [0, 0.05) is 23.5 Å². The minimum atomic E-state index is -0.646. The van der Waals surface area contributed by atoms with Gasteiger partial charge in [-0.1, -0.05) is 82.3 Å². The van der Waals surface area contributed by atoms with Crippen LogP contribution in [0.25, 0.3) is 22.5 Å². The average Bonchev–Trinajstić information content (AvgIpc) is 2.89. The number of carbonyl (C=O) groups is 1. The van der Waals surface area contributed by atoms with Crippen LogP contribution >= 0.6 is 0 Å². The van der Waals surface area contributed by atoms with Gasteiger partial charge in [0.15, 0.2) is 11.9 Å². The van der Waals surface area contributed by atoms with E-state index in [0.717, 1.165) is 41.8 Å². The summed E-state index contributed by atoms with van der Waals surface area (Å²) in [4.78, 5) is 21.1. The van der Waals surface area contributed by atoms with Gasteiger partial charge in [-0.2, -0.15) is 0 Å². The molecule has 0 aliphatic carbocycles. The highest BCUT2D eigenvalue weighted by molar-refractivity contribution is 5.74. The van der Waals surface area contributed by atoms with Crippen LogP contribution in [0.2, 0.25) is 0 Å². The van der Waals surface area contributed by atoms with Crippen LogP contribution in [0.4, 0.5) is 0 Å². The molecular weight excluding hydrogens is 436 g/mol. The van der Waals surface area contributed by atoms with Crippen LogP contribution < -0.4 is 4.74 Å². The first kappa shape index (κ1) is 26.4. The van der Waals surface area contributed by atoms with Gasteiger partial charge >= 0.3 is 5.97 Å². The predicted octanol–water partition coefficient (Wildman–Crippen LogP) is 7.43. The highest BCUT2D eigenvalue weighted by Crippen LogP contribution is 2.24. The lowest BCUT2D eigenvalue weighted by Crippen LogP contribution is -2.26. The largest absolute Gasteiger partial charge is 0.479 e. The van der Waals surface area contributed by atoms with Crippen LogP contribution in [0.3, 0.4) is 0 Å². The molecule has 1 atom stereocenters. The fourth-order valence-electron chi connectivity index (χ4n) is 3.79. The van der Waals surface area contributed by atoms with Crippen molar-refractivity contribution in [1.82, 2.24) is 9.97 Å². The van der Waals surface area contributed by atoms with E-state index in [1.54, 1.807) is 6.92 Å². The molecule has 0 saturated heterocycles. The Labute approximate surface area is 209 Å². The summed E-state index contributed by atoms with van der Waals surface area (Å²) in [6.07, 6.45) is 12.5. The van der Waals surface area contributed by atoms with Crippen molar-refractivity contribution in [2.45, 2.75) is 78.2 Å². The number of aryl methyl sites for hydroxylation is 1. The van der Waals surface area contributed by atoms with Gasteiger partial charge in [0.1, 0.15) is 5.75 Å². The fraction of sp³-hybridized carbons (Fsp3) is 0.433. The lowest BCUT2D eigenvalue weighted by molar-refractivity contribution is -0.151. The summed E-state index contributed by atoms with van der Waals surface area (Å²) in [6, 6.07) is 16.2. The normalized spacial score (nSPS) is 11.7. The minimum Gasteiger partial charge on any atom is -0.479 e. The molecule has 0 saturated carbocycles. The number of ether oxygens (including phenoxy) is 2. The first-order valence-corrected chi connectivity index (χ1v) is 13.0. The zero-order valence-corrected chi connectivity index (χ0v) is 21.3. The molecular formula is C30H38N2O3. The molecule has 0 amide bonds. The SMILES string of the molecule is CCCCCCCc1ccc(-c2ncc(-c3ccc(OC(C)C(=O)OCCCC)cc3)cn2)cc1. The molecule has 0 spiro atoms. The first-order chi connectivity index (χ1) is 17.1. The van der Waals surface area contributed by atoms with Crippen molar-refractivity contribution in [1.29, 1.82) is 0 Å². The van der Waals surface area contributed by atoms with E-state index in [4.69, 9.17) is 9.47 Å². The third kappa shape index (κ3) is 8.50. The molecule has 3 aromatic rings. The zero-order chi connectivity index (χ0) is 24.9. The van der Waals surface area contributed by atoms with Crippen molar-refractivity contribution in [3.8, 4) is 28.3 Å². The molecule has 0 N–H and O–H groups in total. The maximum atomic E-state index is 12.0. The Kier molecular flexibility index (Phi) is 10.7. The molecule has 3 rings (SSSR count). The fourth-order valence-corrected chi connectivity index (χ4v) is 3.79. The van der Waals surface area contributed by atoms with Crippen LogP contribution in [0.1, 0.15) is 71.3 Å². The Morgan fingerprint density at radius 1 is 0.771 bits per heavy atom. The minimum absolute atomic E-state index is 0.341. The molecule has 1 heterocycles. The number of hydrogen-bond donors (Lipinski definition) is 0. The quantitative estimate of drug-likeness (QED) is 0.179. The Morgan fingerprint density at radius 2 is 1.40 bits per heavy atom. The first-order valence-electron chi connectivity index (χ1n) is 13.0. The number of esters is 1. The van der Waals surface area contributed by atoms with Gasteiger partial charge in [-0.3, -0.25) is 0 Å². The number of rotatable bonds is 14. The van der Waals surface area contributed by atoms with Gasteiger partial charge < -0.3 is 9.47 Å². The van der Waals surface area contributed by atoms with Gasteiger partial charge in [-0.05, 0) is 49.4 Å². The van der Waals surface area contributed by atoms with Gasteiger partial charge in [-0.15, -0.1) is 0 Å². The number of carbonyl (C=O) groups excluding carboxylic acids is 1. The molecule has 1 aromatic heterocycles. The number of nitrogens with zero attached hydrogens (tertiary/aromatic N) is 2. The Balaban J connectivity index is 1.53. The van der Waals surface area contributed by atoms with Crippen molar-refractivity contribution in [2.24, 2.45) is 0 Å². The molecule has 5 heteroatoms. The summed E-state index contributed by atoms with van der Waals surface area (Å²) < 4.78 is 10.9. The van der Waals surface area contributed by atoms with Crippen molar-refractivity contribution >= 4 is 5.97 Å². The van der Waals surface area contributed by atoms with E-state index in [9.17, 15) is 4.79 Å². The molecule has 1 unspecified atom stereocenters. The summed E-state index contributed by atoms with van der Waals surface area (Å²) in [5.41, 5.74) is 4.30. The van der Waals surface area contributed by atoms with Gasteiger partial charge in [0.25, 0.3) is 0 Å². The monoisotopic (exact) mass is 474 g/mol. The second-order valence-electron chi connectivity index (χ2n) is 8.96. The van der Waals surface area contributed by atoms with E-state index >= 15 is 0 Å². The molecule has 35 heavy (non-hydrogen) atoms. The van der Waals surface area contributed by atoms with E-state index in [1.807, 2.05) is 36.7 Å². The van der Waals surface area contributed by atoms with Crippen molar-refractivity contribution in [3.05, 3.63) is 66.5 Å². The van der Waals surface area contributed by atoms with Crippen LogP contribution in [-0.2, 0) is 16.0 Å². The summed E-state index contributed by atoms with van der Waals surface area (Å²) >= 11 is 0. The molecule has 5 nitrogen and oxygen atoms in total. The number of aromatic nitrogens is 2. The molecule has 0 aliphatic rings. The highest BCUT2D eigenvalue weighted by Gasteiger charge is 2.16. The van der Waals surface area contributed by atoms with Crippen LogP contribution in [0, 0.1) is 0 Å². The molecule has 0 fully saturated rings. The number of hydrogen-bond acceptors (Lipinski definition) is 5. The van der Waals surface area contributed by atoms with E-state index in [0.29, 0.717) is 12.4 Å². The van der Waals surface area contributed by atoms with Crippen LogP contribution in [-0.4, -0.2) is 28.6 Å². The van der Waals surface area contributed by atoms with E-state index < -0.39 is 6.10 Å². The van der Waals surface area contributed by atoms with Gasteiger partial charge in [-0.25, -0.2) is 14.8 Å². The topological polar surface area (TPSA) is 61.3 Å². The smallest absolute Gasteiger partial charge is 0.347 e. The summed E-state index contributed by atoms with van der Waals surface area (Å²) in [6.45, 7) is 6.44. The predicted molar refractivity (Wildman–Crippen MR) is 141 cm³/mol. The van der Waals surface area contributed by atoms with Gasteiger partial charge in [0.2, 0.25) is 0 Å². The second-order valence-corrected chi connectivity index (χ2v) is 8.96. The highest BCUT2D eigenvalue weighted by atomic mass is 16.6. The maximum absolute atomic E-state index is 12.0. The maximum Gasteiger partial charge on any atom is 0.347 e. The summed E-state index contributed by atoms with van der Waals surface area (Å²) in [7, 11) is 0. The standard InChI is InChI=1S/C30H38N2O3/c1-4-6-8-9-10-11-24-12-14-26(15-13-24)29-31-21-27(22-32-29)25-16-18-28(19-17-25)35-23(3)30(33)34-20-7-5-2/h12-19,21-23H,4-11,20H2,1-3H3. The molecule has 0 radical (unpaired) electrons. The molecule has 0 bridgehead atoms. The third-order valence-corrected chi connectivity index (χ3v) is 6.01. The van der Waals surface area contributed by atoms with Gasteiger partial charge in [0.05, 0.1) is 6.61 Å². The Hall–Kier alpha value is -3.21. The van der Waals surface area contributed by atoms with Crippen molar-refractivity contribution in [3.63, 3.8) is 0 Å². The number of benzene rings is 2. The average molecular weight is 475 g/mol. The van der Waals surface area contributed by atoms with Crippen LogP contribution in [0.15, 0.2) is 60.9 Å². The van der Waals surface area contributed by atoms with Crippen LogP contribution in [0.5, 0.6) is 5.75 Å². The lowest BCUT2D eigenvalue weighted by Gasteiger charge is -2.14. The second kappa shape index (κ2) is 14.2. The molecule has 2 aromatic carbocycles. The van der Waals surface area contributed by atoms with E-state index in [1.165, 1.54) is 37.7 Å². The Bertz CT molecular complexity index is 1010. The van der Waals surface area contributed by atoms with E-state index in [2.05, 4.69) is 48.1 Å². The van der Waals surface area contributed by atoms with Crippen molar-refractivity contribution in [2.75, 3.05) is 6.61 Å².